The number of nitrogens with zero attached hydrogens (tertiary/aromatic N) is 5. The predicted molar refractivity (Wildman–Crippen MR) is 448 cm³/mol. The van der Waals surface area contributed by atoms with Crippen molar-refractivity contribution in [2.24, 2.45) is 58.9 Å². The Kier molecular flexibility index (Phi) is 29.3. The largest absolute Gasteiger partial charge is 0.212 e. The summed E-state index contributed by atoms with van der Waals surface area (Å²) in [4.78, 5) is 0. The summed E-state index contributed by atoms with van der Waals surface area (Å²) in [6, 6.07) is 60.1. The highest BCUT2D eigenvalue weighted by Crippen LogP contribution is 2.41. The van der Waals surface area contributed by atoms with Crippen molar-refractivity contribution in [2.75, 3.05) is 0 Å². The van der Waals surface area contributed by atoms with E-state index in [1.54, 1.807) is 22.3 Å². The Morgan fingerprint density at radius 3 is 0.991 bits per heavy atom. The van der Waals surface area contributed by atoms with Crippen molar-refractivity contribution in [2.45, 2.75) is 242 Å². The lowest BCUT2D eigenvalue weighted by atomic mass is 9.88. The zero-order chi connectivity index (χ0) is 75.6. The summed E-state index contributed by atoms with van der Waals surface area (Å²) in [5.74, 6) is 5.90. The van der Waals surface area contributed by atoms with Gasteiger partial charge in [-0.15, -0.1) is 0 Å². The Balaban J connectivity index is 0.000000142. The number of aromatic nitrogens is 5. The zero-order valence-corrected chi connectivity index (χ0v) is 69.0. The Bertz CT molecular complexity index is 4480. The molecule has 5 heterocycles. The lowest BCUT2D eigenvalue weighted by Crippen LogP contribution is -2.32. The molecule has 0 radical (unpaired) electrons. The van der Waals surface area contributed by atoms with Crippen LogP contribution in [0.1, 0.15) is 254 Å². The third-order valence-corrected chi connectivity index (χ3v) is 23.4. The van der Waals surface area contributed by atoms with Crippen LogP contribution in [0.5, 0.6) is 0 Å². The van der Waals surface area contributed by atoms with E-state index in [1.165, 1.54) is 222 Å². The molecule has 4 aliphatic carbocycles. The van der Waals surface area contributed by atoms with E-state index < -0.39 is 0 Å². The zero-order valence-electron chi connectivity index (χ0n) is 69.0. The molecule has 0 aliphatic heterocycles. The molecule has 0 bridgehead atoms. The van der Waals surface area contributed by atoms with Crippen LogP contribution < -0.4 is 22.8 Å². The van der Waals surface area contributed by atoms with E-state index in [1.807, 2.05) is 0 Å². The molecular formula is C101H134N5+5. The third-order valence-electron chi connectivity index (χ3n) is 23.4. The predicted octanol–water partition coefficient (Wildman–Crippen LogP) is 23.9. The minimum Gasteiger partial charge on any atom is -0.201 e. The van der Waals surface area contributed by atoms with Crippen molar-refractivity contribution in [3.63, 3.8) is 0 Å². The number of aryl methyl sites for hydroxylation is 10. The molecule has 0 atom stereocenters. The van der Waals surface area contributed by atoms with Gasteiger partial charge in [-0.05, 0) is 245 Å². The molecular weight excluding hydrogens is 1280 g/mol. The lowest BCUT2D eigenvalue weighted by molar-refractivity contribution is -0.661. The second-order valence-electron chi connectivity index (χ2n) is 34.1. The smallest absolute Gasteiger partial charge is 0.201 e. The molecule has 0 spiro atoms. The Morgan fingerprint density at radius 2 is 0.575 bits per heavy atom. The summed E-state index contributed by atoms with van der Waals surface area (Å²) < 4.78 is 11.5. The van der Waals surface area contributed by atoms with Crippen molar-refractivity contribution in [1.29, 1.82) is 0 Å². The molecule has 5 aromatic heterocycles. The van der Waals surface area contributed by atoms with Crippen LogP contribution in [0.25, 0.3) is 56.3 Å². The molecule has 5 aromatic carbocycles. The molecule has 0 unspecified atom stereocenters. The summed E-state index contributed by atoms with van der Waals surface area (Å²) >= 11 is 0. The minimum absolute atomic E-state index is 0.684. The number of hydrogen-bond acceptors (Lipinski definition) is 0. The first-order chi connectivity index (χ1) is 51.0. The van der Waals surface area contributed by atoms with Gasteiger partial charge in [-0.3, -0.25) is 0 Å². The van der Waals surface area contributed by atoms with Crippen LogP contribution in [0.15, 0.2) is 195 Å². The van der Waals surface area contributed by atoms with Gasteiger partial charge >= 0.3 is 0 Å². The minimum atomic E-state index is 0.684. The maximum absolute atomic E-state index is 2.50. The first kappa shape index (κ1) is 80.4. The van der Waals surface area contributed by atoms with Gasteiger partial charge < -0.3 is 0 Å². The third kappa shape index (κ3) is 21.4. The molecule has 558 valence electrons. The highest BCUT2D eigenvalue weighted by Gasteiger charge is 2.29. The van der Waals surface area contributed by atoms with Crippen molar-refractivity contribution in [3.8, 4) is 56.3 Å². The molecule has 10 aromatic rings. The van der Waals surface area contributed by atoms with Crippen molar-refractivity contribution in [3.05, 3.63) is 267 Å². The number of pyridine rings is 5. The summed E-state index contributed by atoms with van der Waals surface area (Å²) in [7, 11) is 10.9. The SMILES string of the molecule is Cc1ccccc1-c1cc(C2CCCC2)c(CC(C)C)c[n+]1C.Cc1ccccc1-c1cc(C2CCCC2)cc[n+]1C.Cc1ccccc1-c1cc(CC(C)C)c(C2CCCC2)c[n+]1C.Cc1ccccc1-c1cc(CC(C)C)c(CC(C)C)c[n+]1C.Cc1ccccc1-c1ccc(C2CCCC2)c[n+]1C. The maximum atomic E-state index is 2.50. The molecule has 5 heteroatoms. The van der Waals surface area contributed by atoms with Gasteiger partial charge in [0, 0.05) is 86.5 Å². The van der Waals surface area contributed by atoms with Crippen molar-refractivity contribution in [1.82, 2.24) is 0 Å². The number of benzene rings is 5. The molecule has 14 rings (SSSR count). The van der Waals surface area contributed by atoms with E-state index in [0.29, 0.717) is 23.7 Å². The van der Waals surface area contributed by atoms with E-state index in [-0.39, 0.29) is 0 Å². The monoisotopic (exact) mass is 1420 g/mol. The second-order valence-corrected chi connectivity index (χ2v) is 34.1. The number of rotatable bonds is 17. The molecule has 5 nitrogen and oxygen atoms in total. The van der Waals surface area contributed by atoms with Gasteiger partial charge in [0.25, 0.3) is 0 Å². The fraction of sp³-hybridized carbons (Fsp3) is 0.455. The van der Waals surface area contributed by atoms with Crippen molar-refractivity contribution >= 4 is 0 Å². The van der Waals surface area contributed by atoms with Gasteiger partial charge in [0.2, 0.25) is 28.5 Å². The first-order valence-electron chi connectivity index (χ1n) is 41.4. The highest BCUT2D eigenvalue weighted by molar-refractivity contribution is 5.65. The van der Waals surface area contributed by atoms with Gasteiger partial charge in [-0.25, -0.2) is 22.8 Å². The molecule has 106 heavy (non-hydrogen) atoms. The molecule has 0 amide bonds. The molecule has 4 aliphatic rings. The highest BCUT2D eigenvalue weighted by atomic mass is 14.9. The van der Waals surface area contributed by atoms with Gasteiger partial charge in [0.15, 0.2) is 31.0 Å². The average molecular weight is 1420 g/mol. The summed E-state index contributed by atoms with van der Waals surface area (Å²) in [6.45, 7) is 29.5. The van der Waals surface area contributed by atoms with Crippen LogP contribution in [0.2, 0.25) is 0 Å². The fourth-order valence-electron chi connectivity index (χ4n) is 17.8. The van der Waals surface area contributed by atoms with Gasteiger partial charge in [0.05, 0.1) is 0 Å². The number of hydrogen-bond donors (Lipinski definition) is 0. The topological polar surface area (TPSA) is 19.4 Å². The van der Waals surface area contributed by atoms with Crippen LogP contribution in [-0.4, -0.2) is 0 Å². The van der Waals surface area contributed by atoms with Crippen LogP contribution >= 0.6 is 0 Å². The van der Waals surface area contributed by atoms with Crippen LogP contribution in [0.4, 0.5) is 0 Å². The Labute approximate surface area is 643 Å². The van der Waals surface area contributed by atoms with Gasteiger partial charge in [-0.2, -0.15) is 0 Å². The summed E-state index contributed by atoms with van der Waals surface area (Å²) in [6.07, 6.45) is 38.5. The lowest BCUT2D eigenvalue weighted by Gasteiger charge is -2.17. The van der Waals surface area contributed by atoms with E-state index in [9.17, 15) is 0 Å². The summed E-state index contributed by atoms with van der Waals surface area (Å²) in [5, 5.41) is 0. The molecule has 0 saturated heterocycles. The molecule has 4 saturated carbocycles. The maximum Gasteiger partial charge on any atom is 0.212 e. The van der Waals surface area contributed by atoms with Gasteiger partial charge in [-0.1, -0.05) is 198 Å². The van der Waals surface area contributed by atoms with Crippen LogP contribution in [0, 0.1) is 58.3 Å². The molecule has 4 fully saturated rings. The quantitative estimate of drug-likeness (QED) is 0.0810. The molecule has 0 N–H and O–H groups in total. The fourth-order valence-corrected chi connectivity index (χ4v) is 17.8. The van der Waals surface area contributed by atoms with Crippen molar-refractivity contribution < 1.29 is 22.8 Å². The Hall–Kier alpha value is -8.15. The van der Waals surface area contributed by atoms with E-state index in [2.05, 4.69) is 343 Å². The average Bonchev–Trinajstić information content (AvgIpc) is 1.18. The van der Waals surface area contributed by atoms with E-state index in [0.717, 1.165) is 36.5 Å². The van der Waals surface area contributed by atoms with Crippen LogP contribution in [-0.2, 0) is 60.9 Å². The normalized spacial score (nSPS) is 14.8. The summed E-state index contributed by atoms with van der Waals surface area (Å²) in [5.41, 5.74) is 32.6. The first-order valence-corrected chi connectivity index (χ1v) is 41.4. The standard InChI is InChI=1S/2C22H30N.C21H30N.2C18H22N/c1-16(2)13-19-15-23(4)22(20-12-8-5-9-17(20)3)14-21(19)18-10-6-7-11-18;1-16(2)13-19-14-22(20-12-8-5-9-17(20)3)23(4)15-21(19)18-10-6-7-11-18;1-15(2)11-18-13-21(20-10-8-7-9-17(20)5)22(6)14-19(18)12-16(3)4;1-14-7-3-6-10-17(14)18-13-16(11-12-19(18)2)15-8-4-5-9-15;1-14-7-3-6-10-17(14)18-12-11-16(13-19(18)2)15-8-4-5-9-15/h2*5,8-9,12,14-16,18H,6-7,10-11,13H2,1-4H3;7-10,13-16H,11-12H2,1-6H3;2*3,6-7,10-13,15H,4-5,8-9H2,1-2H3/q5*+1. The second kappa shape index (κ2) is 38.6. The van der Waals surface area contributed by atoms with E-state index in [4.69, 9.17) is 0 Å². The van der Waals surface area contributed by atoms with E-state index >= 15 is 0 Å². The van der Waals surface area contributed by atoms with Gasteiger partial charge in [0.1, 0.15) is 35.2 Å². The van der Waals surface area contributed by atoms with Crippen LogP contribution in [0.3, 0.4) is 0 Å². The Morgan fingerprint density at radius 1 is 0.264 bits per heavy atom.